The number of unbranched alkanes of at least 4 members (excludes halogenated alkanes) is 2. The topological polar surface area (TPSA) is 81.9 Å². The normalized spacial score (nSPS) is 11.8. The Labute approximate surface area is 187 Å². The van der Waals surface area contributed by atoms with Gasteiger partial charge in [-0.25, -0.2) is 0 Å². The molecular weight excluding hydrogens is 410 g/mol. The number of thioether (sulfide) groups is 1. The van der Waals surface area contributed by atoms with Crippen LogP contribution >= 0.6 is 11.8 Å². The van der Waals surface area contributed by atoms with Crippen molar-refractivity contribution in [1.82, 2.24) is 25.1 Å². The van der Waals surface area contributed by atoms with Gasteiger partial charge in [-0.3, -0.25) is 14.3 Å². The van der Waals surface area contributed by atoms with E-state index in [-0.39, 0.29) is 17.7 Å². The van der Waals surface area contributed by atoms with Gasteiger partial charge in [-0.1, -0.05) is 37.9 Å². The summed E-state index contributed by atoms with van der Waals surface area (Å²) in [6, 6.07) is 11.6. The Hall–Kier alpha value is -2.87. The molecule has 164 valence electrons. The second kappa shape index (κ2) is 11.5. The van der Waals surface area contributed by atoms with E-state index in [1.54, 1.807) is 19.5 Å². The van der Waals surface area contributed by atoms with E-state index in [0.717, 1.165) is 29.8 Å². The fourth-order valence-electron chi connectivity index (χ4n) is 3.23. The molecule has 0 aliphatic rings. The first-order valence-corrected chi connectivity index (χ1v) is 11.5. The van der Waals surface area contributed by atoms with Crippen molar-refractivity contribution in [3.05, 3.63) is 48.8 Å². The van der Waals surface area contributed by atoms with Gasteiger partial charge in [0, 0.05) is 29.7 Å². The molecule has 0 fully saturated rings. The maximum absolute atomic E-state index is 12.5. The summed E-state index contributed by atoms with van der Waals surface area (Å²) in [5.74, 6) is 1.75. The second-order valence-electron chi connectivity index (χ2n) is 7.33. The summed E-state index contributed by atoms with van der Waals surface area (Å²) in [7, 11) is 1.64. The van der Waals surface area contributed by atoms with E-state index in [0.29, 0.717) is 11.0 Å². The molecule has 1 unspecified atom stereocenters. The Kier molecular flexibility index (Phi) is 8.46. The van der Waals surface area contributed by atoms with E-state index >= 15 is 0 Å². The van der Waals surface area contributed by atoms with Crippen LogP contribution in [0.4, 0.5) is 0 Å². The predicted octanol–water partition coefficient (Wildman–Crippen LogP) is 4.52. The molecule has 0 spiro atoms. The molecule has 31 heavy (non-hydrogen) atoms. The highest BCUT2D eigenvalue weighted by molar-refractivity contribution is 7.99. The number of hydrogen-bond acceptors (Lipinski definition) is 6. The van der Waals surface area contributed by atoms with Crippen LogP contribution in [0.15, 0.2) is 53.9 Å². The third kappa shape index (κ3) is 6.30. The minimum atomic E-state index is 0.00346. The lowest BCUT2D eigenvalue weighted by Gasteiger charge is -2.14. The van der Waals surface area contributed by atoms with Crippen LogP contribution in [0.3, 0.4) is 0 Å². The van der Waals surface area contributed by atoms with E-state index in [1.807, 2.05) is 41.0 Å². The number of aromatic nitrogens is 4. The van der Waals surface area contributed by atoms with Crippen molar-refractivity contribution in [3.8, 4) is 22.8 Å². The lowest BCUT2D eigenvalue weighted by atomic mass is 10.1. The molecule has 1 atom stereocenters. The first kappa shape index (κ1) is 22.8. The molecule has 7 nitrogen and oxygen atoms in total. The summed E-state index contributed by atoms with van der Waals surface area (Å²) in [6.07, 6.45) is 7.95. The van der Waals surface area contributed by atoms with E-state index in [2.05, 4.69) is 34.3 Å². The average molecular weight is 440 g/mol. The van der Waals surface area contributed by atoms with Gasteiger partial charge in [0.1, 0.15) is 5.75 Å². The summed E-state index contributed by atoms with van der Waals surface area (Å²) in [6.45, 7) is 4.23. The molecule has 0 saturated heterocycles. The van der Waals surface area contributed by atoms with Crippen molar-refractivity contribution in [1.29, 1.82) is 0 Å². The lowest BCUT2D eigenvalue weighted by molar-refractivity contribution is -0.119. The van der Waals surface area contributed by atoms with Crippen LogP contribution in [-0.4, -0.2) is 44.6 Å². The number of carbonyl (C=O) groups is 1. The van der Waals surface area contributed by atoms with Crippen molar-refractivity contribution >= 4 is 17.7 Å². The molecule has 3 aromatic rings. The lowest BCUT2D eigenvalue weighted by Crippen LogP contribution is -2.33. The summed E-state index contributed by atoms with van der Waals surface area (Å²) in [5.41, 5.74) is 1.80. The molecule has 0 saturated carbocycles. The number of benzene rings is 1. The van der Waals surface area contributed by atoms with Crippen molar-refractivity contribution in [2.24, 2.45) is 0 Å². The van der Waals surface area contributed by atoms with E-state index in [1.165, 1.54) is 24.6 Å². The van der Waals surface area contributed by atoms with Crippen LogP contribution in [0.5, 0.6) is 5.75 Å². The standard InChI is InChI=1S/C23H29N5O2S/c1-4-5-6-7-17(2)25-21(29)16-31-23-27-26-22(18-12-14-24-15-13-18)28(23)19-8-10-20(30-3)11-9-19/h8-15,17H,4-7,16H2,1-3H3,(H,25,29). The minimum absolute atomic E-state index is 0.00346. The van der Waals surface area contributed by atoms with Gasteiger partial charge in [0.2, 0.25) is 5.91 Å². The van der Waals surface area contributed by atoms with Crippen molar-refractivity contribution in [2.75, 3.05) is 12.9 Å². The summed E-state index contributed by atoms with van der Waals surface area (Å²) >= 11 is 1.38. The number of pyridine rings is 1. The minimum Gasteiger partial charge on any atom is -0.497 e. The van der Waals surface area contributed by atoms with Crippen molar-refractivity contribution in [2.45, 2.75) is 50.7 Å². The molecule has 2 heterocycles. The molecule has 1 N–H and O–H groups in total. The third-order valence-corrected chi connectivity index (χ3v) is 5.81. The number of carbonyl (C=O) groups excluding carboxylic acids is 1. The van der Waals surface area contributed by atoms with Crippen molar-refractivity contribution in [3.63, 3.8) is 0 Å². The molecule has 8 heteroatoms. The van der Waals surface area contributed by atoms with Gasteiger partial charge >= 0.3 is 0 Å². The molecule has 0 radical (unpaired) electrons. The van der Waals surface area contributed by atoms with Gasteiger partial charge < -0.3 is 10.1 Å². The summed E-state index contributed by atoms with van der Waals surface area (Å²) in [5, 5.41) is 12.5. The van der Waals surface area contributed by atoms with Crippen LogP contribution < -0.4 is 10.1 Å². The molecular formula is C23H29N5O2S. The molecule has 2 aromatic heterocycles. The highest BCUT2D eigenvalue weighted by Gasteiger charge is 2.18. The summed E-state index contributed by atoms with van der Waals surface area (Å²) in [4.78, 5) is 16.5. The first-order chi connectivity index (χ1) is 15.1. The van der Waals surface area contributed by atoms with Crippen LogP contribution in [0.1, 0.15) is 39.5 Å². The van der Waals surface area contributed by atoms with Crippen LogP contribution in [0.25, 0.3) is 17.1 Å². The smallest absolute Gasteiger partial charge is 0.230 e. The van der Waals surface area contributed by atoms with E-state index in [9.17, 15) is 4.79 Å². The fourth-order valence-corrected chi connectivity index (χ4v) is 4.00. The predicted molar refractivity (Wildman–Crippen MR) is 124 cm³/mol. The van der Waals surface area contributed by atoms with Crippen LogP contribution in [-0.2, 0) is 4.79 Å². The number of hydrogen-bond donors (Lipinski definition) is 1. The number of nitrogens with zero attached hydrogens (tertiary/aromatic N) is 4. The van der Waals surface area contributed by atoms with Gasteiger partial charge in [0.15, 0.2) is 11.0 Å². The SMILES string of the molecule is CCCCCC(C)NC(=O)CSc1nnc(-c2ccncc2)n1-c1ccc(OC)cc1. The maximum Gasteiger partial charge on any atom is 0.230 e. The Morgan fingerprint density at radius 2 is 1.87 bits per heavy atom. The Morgan fingerprint density at radius 1 is 1.13 bits per heavy atom. The Balaban J connectivity index is 1.77. The summed E-state index contributed by atoms with van der Waals surface area (Å²) < 4.78 is 7.23. The molecule has 1 aromatic carbocycles. The molecule has 0 aliphatic heterocycles. The van der Waals surface area contributed by atoms with Crippen LogP contribution in [0.2, 0.25) is 0 Å². The molecule has 0 bridgehead atoms. The second-order valence-corrected chi connectivity index (χ2v) is 8.27. The Morgan fingerprint density at radius 3 is 2.55 bits per heavy atom. The Bertz CT molecular complexity index is 960. The fraction of sp³-hybridized carbons (Fsp3) is 0.391. The van der Waals surface area contributed by atoms with Gasteiger partial charge in [0.25, 0.3) is 0 Å². The van der Waals surface area contributed by atoms with Gasteiger partial charge in [-0.2, -0.15) is 0 Å². The van der Waals surface area contributed by atoms with E-state index in [4.69, 9.17) is 4.74 Å². The highest BCUT2D eigenvalue weighted by Crippen LogP contribution is 2.28. The zero-order valence-electron chi connectivity index (χ0n) is 18.2. The molecule has 1 amide bonds. The first-order valence-electron chi connectivity index (χ1n) is 10.5. The monoisotopic (exact) mass is 439 g/mol. The van der Waals surface area contributed by atoms with Gasteiger partial charge in [-0.15, -0.1) is 10.2 Å². The van der Waals surface area contributed by atoms with E-state index < -0.39 is 0 Å². The average Bonchev–Trinajstić information content (AvgIpc) is 3.22. The zero-order chi connectivity index (χ0) is 22.1. The maximum atomic E-state index is 12.5. The number of amides is 1. The van der Waals surface area contributed by atoms with Crippen LogP contribution in [0, 0.1) is 0 Å². The highest BCUT2D eigenvalue weighted by atomic mass is 32.2. The number of ether oxygens (including phenoxy) is 1. The molecule has 0 aliphatic carbocycles. The number of rotatable bonds is 11. The zero-order valence-corrected chi connectivity index (χ0v) is 19.1. The number of nitrogens with one attached hydrogen (secondary N) is 1. The number of methoxy groups -OCH3 is 1. The quantitative estimate of drug-likeness (QED) is 0.350. The van der Waals surface area contributed by atoms with Crippen molar-refractivity contribution < 1.29 is 9.53 Å². The molecule has 3 rings (SSSR count). The largest absolute Gasteiger partial charge is 0.497 e. The van der Waals surface area contributed by atoms with Gasteiger partial charge in [-0.05, 0) is 49.7 Å². The third-order valence-electron chi connectivity index (χ3n) is 4.88. The van der Waals surface area contributed by atoms with Gasteiger partial charge in [0.05, 0.1) is 12.9 Å².